The van der Waals surface area contributed by atoms with Crippen molar-refractivity contribution in [1.29, 1.82) is 0 Å². The van der Waals surface area contributed by atoms with E-state index in [2.05, 4.69) is 9.97 Å². The minimum atomic E-state index is -0.196. The number of rotatable bonds is 0. The van der Waals surface area contributed by atoms with E-state index in [1.807, 2.05) is 13.0 Å². The summed E-state index contributed by atoms with van der Waals surface area (Å²) in [6, 6.07) is 3.63. The molecule has 0 unspecified atom stereocenters. The fraction of sp³-hybridized carbons (Fsp3) is 0.111. The standard InChI is InChI=1S/C9H7ClN2O/c1-5-2-3-6-7(8(5)10)9(13)12-4-11-6/h2-4H,1H3,(H,11,12,13). The van der Waals surface area contributed by atoms with Gasteiger partial charge in [-0.3, -0.25) is 4.79 Å². The van der Waals surface area contributed by atoms with E-state index < -0.39 is 0 Å². The fourth-order valence-corrected chi connectivity index (χ4v) is 1.47. The van der Waals surface area contributed by atoms with Crippen molar-refractivity contribution in [2.75, 3.05) is 0 Å². The number of aromatic nitrogens is 2. The molecule has 0 aliphatic heterocycles. The molecule has 0 saturated carbocycles. The maximum atomic E-state index is 11.4. The quantitative estimate of drug-likeness (QED) is 0.696. The second kappa shape index (κ2) is 2.85. The number of halogens is 1. The van der Waals surface area contributed by atoms with Gasteiger partial charge in [0.05, 0.1) is 22.3 Å². The summed E-state index contributed by atoms with van der Waals surface area (Å²) >= 11 is 5.97. The Morgan fingerprint density at radius 3 is 3.00 bits per heavy atom. The molecule has 66 valence electrons. The van der Waals surface area contributed by atoms with Crippen molar-refractivity contribution in [3.63, 3.8) is 0 Å². The second-order valence-corrected chi connectivity index (χ2v) is 3.20. The Morgan fingerprint density at radius 1 is 1.46 bits per heavy atom. The molecule has 0 aliphatic carbocycles. The molecule has 2 aromatic rings. The van der Waals surface area contributed by atoms with Crippen molar-refractivity contribution in [3.05, 3.63) is 39.4 Å². The highest BCUT2D eigenvalue weighted by Crippen LogP contribution is 2.21. The van der Waals surface area contributed by atoms with E-state index >= 15 is 0 Å². The van der Waals surface area contributed by atoms with Gasteiger partial charge in [0.2, 0.25) is 0 Å². The third kappa shape index (κ3) is 1.21. The van der Waals surface area contributed by atoms with Gasteiger partial charge in [-0.1, -0.05) is 17.7 Å². The van der Waals surface area contributed by atoms with Gasteiger partial charge in [-0.2, -0.15) is 0 Å². The average Bonchev–Trinajstić information content (AvgIpc) is 2.12. The van der Waals surface area contributed by atoms with E-state index in [4.69, 9.17) is 11.6 Å². The van der Waals surface area contributed by atoms with Crippen LogP contribution in [0.1, 0.15) is 5.56 Å². The number of hydrogen-bond donors (Lipinski definition) is 1. The number of H-pyrrole nitrogens is 1. The molecule has 1 aromatic carbocycles. The molecule has 0 spiro atoms. The first-order chi connectivity index (χ1) is 6.20. The molecule has 0 saturated heterocycles. The third-order valence-corrected chi connectivity index (χ3v) is 2.43. The number of fused-ring (bicyclic) bond motifs is 1. The zero-order valence-electron chi connectivity index (χ0n) is 6.97. The van der Waals surface area contributed by atoms with Gasteiger partial charge in [-0.15, -0.1) is 0 Å². The summed E-state index contributed by atoms with van der Waals surface area (Å²) in [4.78, 5) is 17.9. The molecule has 13 heavy (non-hydrogen) atoms. The molecule has 0 fully saturated rings. The van der Waals surface area contributed by atoms with Gasteiger partial charge in [0.1, 0.15) is 0 Å². The Balaban J connectivity index is 3.06. The van der Waals surface area contributed by atoms with Crippen LogP contribution < -0.4 is 5.56 Å². The molecule has 1 aromatic heterocycles. The summed E-state index contributed by atoms with van der Waals surface area (Å²) in [5.74, 6) is 0. The molecule has 0 atom stereocenters. The summed E-state index contributed by atoms with van der Waals surface area (Å²) < 4.78 is 0. The zero-order valence-corrected chi connectivity index (χ0v) is 7.72. The van der Waals surface area contributed by atoms with Crippen LogP contribution in [0.5, 0.6) is 0 Å². The van der Waals surface area contributed by atoms with E-state index in [9.17, 15) is 4.79 Å². The summed E-state index contributed by atoms with van der Waals surface area (Å²) in [7, 11) is 0. The largest absolute Gasteiger partial charge is 0.313 e. The monoisotopic (exact) mass is 194 g/mol. The lowest BCUT2D eigenvalue weighted by molar-refractivity contribution is 1.17. The van der Waals surface area contributed by atoms with Gasteiger partial charge in [0.15, 0.2) is 0 Å². The van der Waals surface area contributed by atoms with E-state index in [1.54, 1.807) is 6.07 Å². The maximum absolute atomic E-state index is 11.4. The Labute approximate surface area is 79.4 Å². The Bertz CT molecular complexity index is 518. The van der Waals surface area contributed by atoms with E-state index in [-0.39, 0.29) is 5.56 Å². The van der Waals surface area contributed by atoms with Crippen molar-refractivity contribution in [3.8, 4) is 0 Å². The average molecular weight is 195 g/mol. The zero-order chi connectivity index (χ0) is 9.42. The van der Waals surface area contributed by atoms with E-state index in [0.717, 1.165) is 5.56 Å². The number of nitrogens with zero attached hydrogens (tertiary/aromatic N) is 1. The van der Waals surface area contributed by atoms with Crippen molar-refractivity contribution < 1.29 is 0 Å². The lowest BCUT2D eigenvalue weighted by Crippen LogP contribution is -2.07. The topological polar surface area (TPSA) is 45.8 Å². The number of hydrogen-bond acceptors (Lipinski definition) is 2. The molecule has 0 radical (unpaired) electrons. The molecular weight excluding hydrogens is 188 g/mol. The van der Waals surface area contributed by atoms with Gasteiger partial charge in [0, 0.05) is 0 Å². The van der Waals surface area contributed by atoms with Crippen molar-refractivity contribution >= 4 is 22.5 Å². The van der Waals surface area contributed by atoms with Crippen LogP contribution in [0.4, 0.5) is 0 Å². The lowest BCUT2D eigenvalue weighted by Gasteiger charge is -2.00. The predicted molar refractivity (Wildman–Crippen MR) is 52.1 cm³/mol. The third-order valence-electron chi connectivity index (χ3n) is 1.94. The SMILES string of the molecule is Cc1ccc2nc[nH]c(=O)c2c1Cl. The van der Waals surface area contributed by atoms with Gasteiger partial charge < -0.3 is 4.98 Å². The lowest BCUT2D eigenvalue weighted by atomic mass is 10.2. The number of nitrogens with one attached hydrogen (secondary N) is 1. The van der Waals surface area contributed by atoms with Gasteiger partial charge in [0.25, 0.3) is 5.56 Å². The smallest absolute Gasteiger partial charge is 0.260 e. The molecular formula is C9H7ClN2O. The molecule has 0 amide bonds. The number of aryl methyl sites for hydroxylation is 1. The number of benzene rings is 1. The first-order valence-corrected chi connectivity index (χ1v) is 4.20. The molecule has 0 bridgehead atoms. The maximum Gasteiger partial charge on any atom is 0.260 e. The van der Waals surface area contributed by atoms with Crippen molar-refractivity contribution in [2.24, 2.45) is 0 Å². The van der Waals surface area contributed by atoms with Gasteiger partial charge in [-0.25, -0.2) is 4.98 Å². The Morgan fingerprint density at radius 2 is 2.23 bits per heavy atom. The van der Waals surface area contributed by atoms with Crippen molar-refractivity contribution in [2.45, 2.75) is 6.92 Å². The van der Waals surface area contributed by atoms with Crippen molar-refractivity contribution in [1.82, 2.24) is 9.97 Å². The highest BCUT2D eigenvalue weighted by molar-refractivity contribution is 6.36. The molecule has 3 nitrogen and oxygen atoms in total. The highest BCUT2D eigenvalue weighted by Gasteiger charge is 2.05. The fourth-order valence-electron chi connectivity index (χ4n) is 1.23. The normalized spacial score (nSPS) is 10.6. The van der Waals surface area contributed by atoms with Gasteiger partial charge in [-0.05, 0) is 18.6 Å². The van der Waals surface area contributed by atoms with E-state index in [1.165, 1.54) is 6.33 Å². The Hall–Kier alpha value is -1.35. The van der Waals surface area contributed by atoms with Crippen LogP contribution in [0.15, 0.2) is 23.3 Å². The predicted octanol–water partition coefficient (Wildman–Crippen LogP) is 1.88. The second-order valence-electron chi connectivity index (χ2n) is 2.82. The van der Waals surface area contributed by atoms with Gasteiger partial charge >= 0.3 is 0 Å². The molecule has 2 rings (SSSR count). The Kier molecular flexibility index (Phi) is 1.81. The minimum Gasteiger partial charge on any atom is -0.313 e. The summed E-state index contributed by atoms with van der Waals surface area (Å²) in [5, 5.41) is 0.941. The first-order valence-electron chi connectivity index (χ1n) is 3.82. The molecule has 4 heteroatoms. The van der Waals surface area contributed by atoms with Crippen LogP contribution in [0.2, 0.25) is 5.02 Å². The molecule has 1 N–H and O–H groups in total. The minimum absolute atomic E-state index is 0.196. The molecule has 0 aliphatic rings. The first kappa shape index (κ1) is 8.26. The highest BCUT2D eigenvalue weighted by atomic mass is 35.5. The molecule has 1 heterocycles. The van der Waals surface area contributed by atoms with E-state index in [0.29, 0.717) is 15.9 Å². The van der Waals surface area contributed by atoms with Crippen LogP contribution >= 0.6 is 11.6 Å². The summed E-state index contributed by atoms with van der Waals surface area (Å²) in [6.45, 7) is 1.86. The summed E-state index contributed by atoms with van der Waals surface area (Å²) in [6.07, 6.45) is 1.37. The van der Waals surface area contributed by atoms with Crippen LogP contribution in [0.25, 0.3) is 10.9 Å². The van der Waals surface area contributed by atoms with Crippen LogP contribution in [0.3, 0.4) is 0 Å². The van der Waals surface area contributed by atoms with Crippen LogP contribution in [-0.4, -0.2) is 9.97 Å². The summed E-state index contributed by atoms with van der Waals surface area (Å²) in [5.41, 5.74) is 1.31. The number of aromatic amines is 1. The van der Waals surface area contributed by atoms with Crippen LogP contribution in [-0.2, 0) is 0 Å². The van der Waals surface area contributed by atoms with Crippen LogP contribution in [0, 0.1) is 6.92 Å².